The normalized spacial score (nSPS) is 16.0. The van der Waals surface area contributed by atoms with E-state index in [0.717, 1.165) is 56.9 Å². The van der Waals surface area contributed by atoms with Crippen molar-refractivity contribution in [2.75, 3.05) is 13.7 Å². The van der Waals surface area contributed by atoms with Crippen LogP contribution in [0.2, 0.25) is 0 Å². The molecule has 2 aromatic heterocycles. The molecule has 0 fully saturated rings. The van der Waals surface area contributed by atoms with Crippen LogP contribution in [0.3, 0.4) is 0 Å². The molecule has 0 spiro atoms. The molecular weight excluding hydrogens is 676 g/mol. The summed E-state index contributed by atoms with van der Waals surface area (Å²) in [5.41, 5.74) is 5.35. The van der Waals surface area contributed by atoms with Crippen LogP contribution in [-0.2, 0) is 22.6 Å². The van der Waals surface area contributed by atoms with E-state index in [0.29, 0.717) is 18.8 Å². The van der Waals surface area contributed by atoms with E-state index < -0.39 is 23.6 Å². The summed E-state index contributed by atoms with van der Waals surface area (Å²) in [6.07, 6.45) is 2.86. The minimum atomic E-state index is -1.17. The number of nitrogens with one attached hydrogen (secondary N) is 2. The number of fused-ring (bicyclic) bond motifs is 4. The second-order valence-electron chi connectivity index (χ2n) is 14.5. The van der Waals surface area contributed by atoms with Gasteiger partial charge < -0.3 is 24.5 Å². The van der Waals surface area contributed by atoms with Gasteiger partial charge in [-0.2, -0.15) is 0 Å². The van der Waals surface area contributed by atoms with Gasteiger partial charge in [-0.05, 0) is 77.9 Å². The molecule has 10 heteroatoms. The lowest BCUT2D eigenvalue weighted by atomic mass is 9.85. The highest BCUT2D eigenvalue weighted by atomic mass is 19.1. The molecule has 3 heterocycles. The zero-order valence-corrected chi connectivity index (χ0v) is 30.4. The van der Waals surface area contributed by atoms with Gasteiger partial charge in [0.1, 0.15) is 29.7 Å². The van der Waals surface area contributed by atoms with Crippen molar-refractivity contribution in [3.8, 4) is 5.75 Å². The van der Waals surface area contributed by atoms with Crippen LogP contribution in [0.5, 0.6) is 5.75 Å². The number of hydrogen-bond acceptors (Lipinski definition) is 5. The molecule has 0 radical (unpaired) electrons. The number of methoxy groups -OCH3 is 1. The molecule has 53 heavy (non-hydrogen) atoms. The lowest BCUT2D eigenvalue weighted by Gasteiger charge is -2.44. The molecule has 6 aromatic rings. The zero-order chi connectivity index (χ0) is 37.9. The Balaban J connectivity index is 0.000000198. The maximum atomic E-state index is 15.4. The van der Waals surface area contributed by atoms with Crippen LogP contribution in [-0.4, -0.2) is 51.6 Å². The topological polar surface area (TPSA) is 108 Å². The van der Waals surface area contributed by atoms with Gasteiger partial charge in [0.15, 0.2) is 0 Å². The number of rotatable bonds is 8. The number of aliphatic carboxylic acids is 1. The Morgan fingerprint density at radius 1 is 0.925 bits per heavy atom. The van der Waals surface area contributed by atoms with Gasteiger partial charge in [-0.3, -0.25) is 4.90 Å². The average Bonchev–Trinajstić information content (AvgIpc) is 3.72. The molecule has 0 unspecified atom stereocenters. The molecular formula is C43H43F2N3O5. The number of aromatic nitrogens is 2. The van der Waals surface area contributed by atoms with Crippen LogP contribution in [0.1, 0.15) is 72.2 Å². The van der Waals surface area contributed by atoms with Gasteiger partial charge in [0.2, 0.25) is 0 Å². The SMILES string of the molecule is COC(=O)c1cc2ccc(OCc3ccccc3)cc2[nH]1.C[C@@H]1Cc2c([nH]c3ccccc23)[C@@H](c2c(F)cc(/C=C/C(=O)O)cc2F)N1CC(C)(C)C. The first kappa shape index (κ1) is 37.0. The van der Waals surface area contributed by atoms with Gasteiger partial charge in [0.25, 0.3) is 0 Å². The number of carbonyl (C=O) groups is 2. The van der Waals surface area contributed by atoms with Gasteiger partial charge in [-0.1, -0.05) is 69.3 Å². The molecule has 4 aromatic carbocycles. The van der Waals surface area contributed by atoms with Crippen molar-refractivity contribution in [3.05, 3.63) is 142 Å². The summed E-state index contributed by atoms with van der Waals surface area (Å²) in [7, 11) is 1.36. The van der Waals surface area contributed by atoms with E-state index >= 15 is 8.78 Å². The van der Waals surface area contributed by atoms with E-state index in [4.69, 9.17) is 14.6 Å². The Morgan fingerprint density at radius 2 is 1.62 bits per heavy atom. The summed E-state index contributed by atoms with van der Waals surface area (Å²) in [5.74, 6) is -2.16. The third-order valence-corrected chi connectivity index (χ3v) is 9.22. The van der Waals surface area contributed by atoms with Crippen molar-refractivity contribution in [2.45, 2.75) is 52.8 Å². The van der Waals surface area contributed by atoms with Crippen molar-refractivity contribution in [1.29, 1.82) is 0 Å². The van der Waals surface area contributed by atoms with E-state index in [2.05, 4.69) is 42.6 Å². The van der Waals surface area contributed by atoms with E-state index in [9.17, 15) is 9.59 Å². The molecule has 0 saturated carbocycles. The summed E-state index contributed by atoms with van der Waals surface area (Å²) in [6.45, 7) is 9.62. The molecule has 0 saturated heterocycles. The molecule has 2 atom stereocenters. The Morgan fingerprint density at radius 3 is 2.30 bits per heavy atom. The summed E-state index contributed by atoms with van der Waals surface area (Å²) in [4.78, 5) is 30.9. The fourth-order valence-corrected chi connectivity index (χ4v) is 6.90. The largest absolute Gasteiger partial charge is 0.489 e. The predicted molar refractivity (Wildman–Crippen MR) is 203 cm³/mol. The van der Waals surface area contributed by atoms with Gasteiger partial charge in [-0.25, -0.2) is 18.4 Å². The van der Waals surface area contributed by atoms with E-state index in [-0.39, 0.29) is 28.6 Å². The number of carboxylic acid groups (broad SMARTS) is 1. The number of carbonyl (C=O) groups excluding carboxylic acids is 1. The average molecular weight is 720 g/mol. The van der Waals surface area contributed by atoms with Crippen LogP contribution in [0.15, 0.2) is 97.1 Å². The second kappa shape index (κ2) is 15.5. The fraction of sp³-hybridized carbons (Fsp3) is 0.256. The highest BCUT2D eigenvalue weighted by Gasteiger charge is 2.40. The third kappa shape index (κ3) is 8.50. The third-order valence-electron chi connectivity index (χ3n) is 9.22. The number of aromatic amines is 2. The Hall–Kier alpha value is -5.74. The molecule has 7 rings (SSSR count). The molecule has 1 aliphatic rings. The number of halogens is 2. The number of nitrogens with zero attached hydrogens (tertiary/aromatic N) is 1. The smallest absolute Gasteiger partial charge is 0.354 e. The summed E-state index contributed by atoms with van der Waals surface area (Å²) < 4.78 is 41.3. The van der Waals surface area contributed by atoms with Gasteiger partial charge in [0, 0.05) is 57.8 Å². The maximum absolute atomic E-state index is 15.4. The van der Waals surface area contributed by atoms with Crippen molar-refractivity contribution < 1.29 is 33.0 Å². The highest BCUT2D eigenvalue weighted by Crippen LogP contribution is 2.43. The van der Waals surface area contributed by atoms with Gasteiger partial charge in [-0.15, -0.1) is 0 Å². The monoisotopic (exact) mass is 719 g/mol. The number of ether oxygens (including phenoxy) is 2. The summed E-state index contributed by atoms with van der Waals surface area (Å²) in [5, 5.41) is 10.9. The lowest BCUT2D eigenvalue weighted by molar-refractivity contribution is -0.131. The van der Waals surface area contributed by atoms with Crippen LogP contribution >= 0.6 is 0 Å². The molecule has 0 bridgehead atoms. The van der Waals surface area contributed by atoms with Crippen molar-refractivity contribution >= 4 is 39.8 Å². The molecule has 8 nitrogen and oxygen atoms in total. The summed E-state index contributed by atoms with van der Waals surface area (Å²) in [6, 6.07) is 27.2. The van der Waals surface area contributed by atoms with Gasteiger partial charge >= 0.3 is 11.9 Å². The zero-order valence-electron chi connectivity index (χ0n) is 30.4. The minimum Gasteiger partial charge on any atom is -0.489 e. The quantitative estimate of drug-likeness (QED) is 0.107. The Labute approximate surface area is 307 Å². The molecule has 1 aliphatic heterocycles. The molecule has 0 aliphatic carbocycles. The number of para-hydroxylation sites is 1. The van der Waals surface area contributed by atoms with E-state index in [1.54, 1.807) is 6.07 Å². The van der Waals surface area contributed by atoms with Crippen LogP contribution in [0.25, 0.3) is 27.9 Å². The fourth-order valence-electron chi connectivity index (χ4n) is 6.90. The van der Waals surface area contributed by atoms with E-state index in [1.165, 1.54) is 25.3 Å². The Bertz CT molecular complexity index is 2260. The standard InChI is InChI=1S/C26H28F2N2O2.C17H15NO3/c1-15-11-18-17-7-5-6-8-21(17)29-24(18)25(30(15)14-26(2,3)4)23-19(27)12-16(13-20(23)28)9-10-22(31)32;1-20-17(19)16-9-13-7-8-14(10-15(13)18-16)21-11-12-5-3-2-4-6-12/h5-10,12-13,15,25,29H,11,14H2,1-4H3,(H,31,32);2-10,18H,11H2,1H3/b10-9+;/t15-,25-;/m1./s1. The minimum absolute atomic E-state index is 0.0129. The second-order valence-corrected chi connectivity index (χ2v) is 14.5. The number of H-pyrrole nitrogens is 2. The Kier molecular flexibility index (Phi) is 10.8. The van der Waals surface area contributed by atoms with Crippen molar-refractivity contribution in [1.82, 2.24) is 14.9 Å². The summed E-state index contributed by atoms with van der Waals surface area (Å²) >= 11 is 0. The van der Waals surface area contributed by atoms with Crippen molar-refractivity contribution in [3.63, 3.8) is 0 Å². The van der Waals surface area contributed by atoms with Gasteiger partial charge in [0.05, 0.1) is 13.2 Å². The number of hydrogen-bond donors (Lipinski definition) is 3. The number of benzene rings is 4. The highest BCUT2D eigenvalue weighted by molar-refractivity contribution is 5.95. The molecule has 0 amide bonds. The first-order chi connectivity index (χ1) is 25.3. The molecule has 274 valence electrons. The predicted octanol–water partition coefficient (Wildman–Crippen LogP) is 9.46. The van der Waals surface area contributed by atoms with Crippen LogP contribution in [0, 0.1) is 17.0 Å². The number of carboxylic acids is 1. The first-order valence-corrected chi connectivity index (χ1v) is 17.4. The molecule has 3 N–H and O–H groups in total. The maximum Gasteiger partial charge on any atom is 0.354 e. The van der Waals surface area contributed by atoms with Crippen LogP contribution < -0.4 is 4.74 Å². The lowest BCUT2D eigenvalue weighted by Crippen LogP contribution is -2.46. The number of esters is 1. The van der Waals surface area contributed by atoms with Crippen LogP contribution in [0.4, 0.5) is 8.78 Å². The first-order valence-electron chi connectivity index (χ1n) is 17.4. The van der Waals surface area contributed by atoms with Crippen molar-refractivity contribution in [2.24, 2.45) is 5.41 Å². The van der Waals surface area contributed by atoms with E-state index in [1.807, 2.05) is 72.8 Å².